The molecule has 5 heteroatoms. The predicted octanol–water partition coefficient (Wildman–Crippen LogP) is 3.46. The number of aliphatic hydroxyl groups excluding tert-OH is 1. The van der Waals surface area contributed by atoms with Crippen molar-refractivity contribution in [2.45, 2.75) is 32.5 Å². The fourth-order valence-corrected chi connectivity index (χ4v) is 3.43. The third-order valence-corrected chi connectivity index (χ3v) is 4.86. The fourth-order valence-electron chi connectivity index (χ4n) is 2.70. The van der Waals surface area contributed by atoms with E-state index in [4.69, 9.17) is 4.98 Å². The lowest BCUT2D eigenvalue weighted by molar-refractivity contribution is 0.106. The Labute approximate surface area is 140 Å². The van der Waals surface area contributed by atoms with Gasteiger partial charge in [-0.25, -0.2) is 4.98 Å². The predicted molar refractivity (Wildman–Crippen MR) is 94.3 cm³/mol. The van der Waals surface area contributed by atoms with E-state index >= 15 is 0 Å². The minimum absolute atomic E-state index is 0.130. The number of para-hydroxylation sites is 2. The summed E-state index contributed by atoms with van der Waals surface area (Å²) in [6.45, 7) is 3.78. The summed E-state index contributed by atoms with van der Waals surface area (Å²) in [4.78, 5) is 12.8. The van der Waals surface area contributed by atoms with Crippen LogP contribution in [0.3, 0.4) is 0 Å². The van der Waals surface area contributed by atoms with Crippen LogP contribution in [0, 0.1) is 0 Å². The van der Waals surface area contributed by atoms with Gasteiger partial charge in [0, 0.05) is 24.0 Å². The first-order valence-electron chi connectivity index (χ1n) is 7.88. The van der Waals surface area contributed by atoms with Crippen LogP contribution in [0.5, 0.6) is 0 Å². The number of aliphatic hydroxyl groups is 1. The van der Waals surface area contributed by atoms with Crippen molar-refractivity contribution in [1.29, 1.82) is 0 Å². The largest absolute Gasteiger partial charge is 0.395 e. The van der Waals surface area contributed by atoms with Crippen LogP contribution in [-0.2, 0) is 13.1 Å². The van der Waals surface area contributed by atoms with E-state index < -0.39 is 0 Å². The van der Waals surface area contributed by atoms with Gasteiger partial charge in [0.05, 0.1) is 29.5 Å². The quantitative estimate of drug-likeness (QED) is 0.722. The first-order valence-corrected chi connectivity index (χ1v) is 8.76. The second-order valence-electron chi connectivity index (χ2n) is 5.58. The monoisotopic (exact) mass is 327 g/mol. The maximum atomic E-state index is 9.70. The van der Waals surface area contributed by atoms with Crippen LogP contribution in [0.4, 0.5) is 0 Å². The number of rotatable bonds is 7. The minimum Gasteiger partial charge on any atom is -0.395 e. The Balaban J connectivity index is 1.83. The molecule has 0 amide bonds. The van der Waals surface area contributed by atoms with Gasteiger partial charge >= 0.3 is 0 Å². The number of nitrogens with zero attached hydrogens (tertiary/aromatic N) is 3. The zero-order valence-corrected chi connectivity index (χ0v) is 14.0. The highest BCUT2D eigenvalue weighted by Crippen LogP contribution is 2.18. The maximum absolute atomic E-state index is 9.70. The Morgan fingerprint density at radius 2 is 1.96 bits per heavy atom. The first kappa shape index (κ1) is 16.1. The van der Waals surface area contributed by atoms with Crippen molar-refractivity contribution < 1.29 is 5.11 Å². The number of benzene rings is 1. The molecule has 1 unspecified atom stereocenters. The molecule has 0 fully saturated rings. The third kappa shape index (κ3) is 3.93. The Hall–Kier alpha value is -1.82. The SMILES string of the molecule is CCC(CO)N(Cc1cnc2ccccc2n1)Cc1cccs1. The second kappa shape index (κ2) is 7.64. The topological polar surface area (TPSA) is 49.2 Å². The van der Waals surface area contributed by atoms with Gasteiger partial charge in [0.15, 0.2) is 0 Å². The average molecular weight is 327 g/mol. The number of hydrogen-bond donors (Lipinski definition) is 1. The molecule has 1 N–H and O–H groups in total. The van der Waals surface area contributed by atoms with Crippen LogP contribution in [0.15, 0.2) is 48.0 Å². The Bertz CT molecular complexity index is 741. The fraction of sp³-hybridized carbons (Fsp3) is 0.333. The highest BCUT2D eigenvalue weighted by atomic mass is 32.1. The van der Waals surface area contributed by atoms with Crippen LogP contribution in [0.1, 0.15) is 23.9 Å². The van der Waals surface area contributed by atoms with Gasteiger partial charge in [-0.15, -0.1) is 11.3 Å². The zero-order chi connectivity index (χ0) is 16.1. The summed E-state index contributed by atoms with van der Waals surface area (Å²) in [5.74, 6) is 0. The summed E-state index contributed by atoms with van der Waals surface area (Å²) < 4.78 is 0. The Kier molecular flexibility index (Phi) is 5.33. The number of thiophene rings is 1. The molecule has 1 aromatic carbocycles. The maximum Gasteiger partial charge on any atom is 0.0890 e. The minimum atomic E-state index is 0.130. The smallest absolute Gasteiger partial charge is 0.0890 e. The standard InChI is InChI=1S/C18H21N3OS/c1-2-15(13-22)21(12-16-6-5-9-23-16)11-14-10-19-17-7-3-4-8-18(17)20-14/h3-10,15,22H,2,11-13H2,1H3. The van der Waals surface area contributed by atoms with Gasteiger partial charge in [0.2, 0.25) is 0 Å². The molecule has 23 heavy (non-hydrogen) atoms. The van der Waals surface area contributed by atoms with Crippen molar-refractivity contribution in [3.63, 3.8) is 0 Å². The molecule has 0 aliphatic rings. The van der Waals surface area contributed by atoms with Crippen LogP contribution < -0.4 is 0 Å². The van der Waals surface area contributed by atoms with Gasteiger partial charge in [-0.05, 0) is 30.0 Å². The summed E-state index contributed by atoms with van der Waals surface area (Å²) in [5, 5.41) is 11.8. The van der Waals surface area contributed by atoms with Crippen molar-refractivity contribution in [3.8, 4) is 0 Å². The van der Waals surface area contributed by atoms with E-state index in [0.717, 1.165) is 29.7 Å². The lowest BCUT2D eigenvalue weighted by atomic mass is 10.2. The van der Waals surface area contributed by atoms with Crippen LogP contribution in [-0.4, -0.2) is 32.6 Å². The molecule has 1 atom stereocenters. The highest BCUT2D eigenvalue weighted by molar-refractivity contribution is 7.09. The molecule has 3 aromatic rings. The first-order chi connectivity index (χ1) is 11.3. The van der Waals surface area contributed by atoms with Crippen molar-refractivity contribution in [2.24, 2.45) is 0 Å². The van der Waals surface area contributed by atoms with E-state index in [1.165, 1.54) is 4.88 Å². The van der Waals surface area contributed by atoms with E-state index in [1.807, 2.05) is 30.5 Å². The number of hydrogen-bond acceptors (Lipinski definition) is 5. The molecule has 0 saturated heterocycles. The lowest BCUT2D eigenvalue weighted by Crippen LogP contribution is -2.36. The summed E-state index contributed by atoms with van der Waals surface area (Å²) in [6.07, 6.45) is 2.75. The van der Waals surface area contributed by atoms with Gasteiger partial charge in [-0.2, -0.15) is 0 Å². The van der Waals surface area contributed by atoms with E-state index in [0.29, 0.717) is 6.54 Å². The zero-order valence-electron chi connectivity index (χ0n) is 13.2. The highest BCUT2D eigenvalue weighted by Gasteiger charge is 2.18. The summed E-state index contributed by atoms with van der Waals surface area (Å²) >= 11 is 1.74. The van der Waals surface area contributed by atoms with Crippen molar-refractivity contribution >= 4 is 22.4 Å². The Morgan fingerprint density at radius 3 is 2.65 bits per heavy atom. The summed E-state index contributed by atoms with van der Waals surface area (Å²) in [5.41, 5.74) is 2.76. The molecule has 0 spiro atoms. The molecule has 0 saturated carbocycles. The molecular formula is C18H21N3OS. The summed E-state index contributed by atoms with van der Waals surface area (Å²) in [7, 11) is 0. The van der Waals surface area contributed by atoms with Gasteiger partial charge in [-0.1, -0.05) is 25.1 Å². The number of fused-ring (bicyclic) bond motifs is 1. The second-order valence-corrected chi connectivity index (χ2v) is 6.61. The Morgan fingerprint density at radius 1 is 1.13 bits per heavy atom. The van der Waals surface area contributed by atoms with Crippen LogP contribution >= 0.6 is 11.3 Å². The molecule has 2 aromatic heterocycles. The molecule has 120 valence electrons. The third-order valence-electron chi connectivity index (χ3n) is 4.00. The van der Waals surface area contributed by atoms with Crippen molar-refractivity contribution in [2.75, 3.05) is 6.61 Å². The molecular weight excluding hydrogens is 306 g/mol. The molecule has 0 aliphatic heterocycles. The van der Waals surface area contributed by atoms with Crippen LogP contribution in [0.2, 0.25) is 0 Å². The normalized spacial score (nSPS) is 12.8. The lowest BCUT2D eigenvalue weighted by Gasteiger charge is -2.29. The van der Waals surface area contributed by atoms with Crippen molar-refractivity contribution in [1.82, 2.24) is 14.9 Å². The van der Waals surface area contributed by atoms with E-state index in [-0.39, 0.29) is 12.6 Å². The van der Waals surface area contributed by atoms with Gasteiger partial charge in [-0.3, -0.25) is 9.88 Å². The van der Waals surface area contributed by atoms with Crippen LogP contribution in [0.25, 0.3) is 11.0 Å². The molecule has 0 bridgehead atoms. The molecule has 2 heterocycles. The number of aromatic nitrogens is 2. The van der Waals surface area contributed by atoms with Crippen molar-refractivity contribution in [3.05, 3.63) is 58.5 Å². The molecule has 0 aliphatic carbocycles. The van der Waals surface area contributed by atoms with E-state index in [9.17, 15) is 5.11 Å². The summed E-state index contributed by atoms with van der Waals surface area (Å²) in [6, 6.07) is 12.2. The van der Waals surface area contributed by atoms with Gasteiger partial charge < -0.3 is 5.11 Å². The molecule has 0 radical (unpaired) electrons. The van der Waals surface area contributed by atoms with Gasteiger partial charge in [0.1, 0.15) is 0 Å². The molecule has 4 nitrogen and oxygen atoms in total. The van der Waals surface area contributed by atoms with E-state index in [1.54, 1.807) is 11.3 Å². The molecule has 3 rings (SSSR count). The van der Waals surface area contributed by atoms with E-state index in [2.05, 4.69) is 34.3 Å². The van der Waals surface area contributed by atoms with Gasteiger partial charge in [0.25, 0.3) is 0 Å². The average Bonchev–Trinajstić information content (AvgIpc) is 3.09.